The number of pyridine rings is 2. The van der Waals surface area contributed by atoms with Crippen LogP contribution in [0.3, 0.4) is 0 Å². The Morgan fingerprint density at radius 2 is 1.50 bits per heavy atom. The average molecular weight is 574 g/mol. The lowest BCUT2D eigenvalue weighted by Crippen LogP contribution is -2.50. The second kappa shape index (κ2) is 12.6. The number of ether oxygens (including phenoxy) is 2. The maximum absolute atomic E-state index is 13.4. The van der Waals surface area contributed by atoms with Crippen LogP contribution in [-0.2, 0) is 15.9 Å². The molecule has 1 aliphatic rings. The van der Waals surface area contributed by atoms with Gasteiger partial charge in [-0.1, -0.05) is 6.07 Å². The van der Waals surface area contributed by atoms with E-state index in [9.17, 15) is 14.4 Å². The van der Waals surface area contributed by atoms with Gasteiger partial charge in [-0.05, 0) is 94.6 Å². The summed E-state index contributed by atoms with van der Waals surface area (Å²) in [4.78, 5) is 50.6. The SMILES string of the molecule is CC(C)(C)OC(=O)Nc1ccc(-c2ccncc2)cc1CC(=O)c1ccc(N2CCN(C(=O)OC(C)(C)C)CC2)cn1. The van der Waals surface area contributed by atoms with E-state index in [4.69, 9.17) is 9.47 Å². The number of Topliss-reactive ketones (excluding diaryl/α,β-unsaturated/α-hetero) is 1. The molecule has 3 heterocycles. The van der Waals surface area contributed by atoms with Crippen LogP contribution in [0, 0.1) is 0 Å². The first-order valence-electron chi connectivity index (χ1n) is 14.0. The third-order valence-electron chi connectivity index (χ3n) is 6.44. The fourth-order valence-corrected chi connectivity index (χ4v) is 4.47. The highest BCUT2D eigenvalue weighted by atomic mass is 16.6. The van der Waals surface area contributed by atoms with Gasteiger partial charge in [0.05, 0.1) is 11.9 Å². The minimum absolute atomic E-state index is 0.0327. The Balaban J connectivity index is 1.46. The maximum atomic E-state index is 13.4. The van der Waals surface area contributed by atoms with E-state index in [0.717, 1.165) is 16.8 Å². The van der Waals surface area contributed by atoms with E-state index in [1.165, 1.54) is 0 Å². The molecule has 0 aliphatic carbocycles. The first-order chi connectivity index (χ1) is 19.8. The second-order valence-corrected chi connectivity index (χ2v) is 12.2. The van der Waals surface area contributed by atoms with Crippen LogP contribution in [0.25, 0.3) is 11.1 Å². The van der Waals surface area contributed by atoms with Crippen molar-refractivity contribution in [1.29, 1.82) is 0 Å². The van der Waals surface area contributed by atoms with Gasteiger partial charge >= 0.3 is 12.2 Å². The van der Waals surface area contributed by atoms with E-state index in [2.05, 4.69) is 20.2 Å². The van der Waals surface area contributed by atoms with Crippen molar-refractivity contribution in [3.63, 3.8) is 0 Å². The van der Waals surface area contributed by atoms with Gasteiger partial charge in [-0.3, -0.25) is 20.1 Å². The molecule has 1 aliphatic heterocycles. The molecule has 1 N–H and O–H groups in total. The standard InChI is InChI=1S/C32H39N5O5/c1-31(2,3)41-29(39)35-26-9-7-23(22-11-13-33-14-12-22)19-24(26)20-28(38)27-10-8-25(21-34-27)36-15-17-37(18-16-36)30(40)42-32(4,5)6/h7-14,19,21H,15-18,20H2,1-6H3,(H,35,39). The van der Waals surface area contributed by atoms with Crippen molar-refractivity contribution >= 4 is 29.3 Å². The van der Waals surface area contributed by atoms with E-state index in [-0.39, 0.29) is 18.3 Å². The Bertz CT molecular complexity index is 1400. The zero-order valence-electron chi connectivity index (χ0n) is 25.1. The van der Waals surface area contributed by atoms with Gasteiger partial charge in [-0.25, -0.2) is 9.59 Å². The molecule has 42 heavy (non-hydrogen) atoms. The van der Waals surface area contributed by atoms with Gasteiger partial charge in [0.25, 0.3) is 0 Å². The molecule has 0 spiro atoms. The van der Waals surface area contributed by atoms with Crippen LogP contribution >= 0.6 is 0 Å². The number of nitrogens with zero attached hydrogens (tertiary/aromatic N) is 4. The fraction of sp³-hybridized carbons (Fsp3) is 0.406. The smallest absolute Gasteiger partial charge is 0.412 e. The molecule has 0 bridgehead atoms. The fourth-order valence-electron chi connectivity index (χ4n) is 4.47. The first-order valence-corrected chi connectivity index (χ1v) is 14.0. The summed E-state index contributed by atoms with van der Waals surface area (Å²) in [5.41, 5.74) is 2.98. The molecular formula is C32H39N5O5. The van der Waals surface area contributed by atoms with Crippen molar-refractivity contribution in [1.82, 2.24) is 14.9 Å². The van der Waals surface area contributed by atoms with Gasteiger partial charge in [0, 0.05) is 50.7 Å². The molecular weight excluding hydrogens is 534 g/mol. The molecule has 4 rings (SSSR count). The average Bonchev–Trinajstić information content (AvgIpc) is 2.92. The molecule has 2 aromatic heterocycles. The summed E-state index contributed by atoms with van der Waals surface area (Å²) >= 11 is 0. The molecule has 0 radical (unpaired) electrons. The quantitative estimate of drug-likeness (QED) is 0.359. The Labute approximate surface area is 247 Å². The molecule has 2 amide bonds. The normalized spacial score (nSPS) is 13.9. The molecule has 222 valence electrons. The Morgan fingerprint density at radius 3 is 2.10 bits per heavy atom. The maximum Gasteiger partial charge on any atom is 0.412 e. The highest BCUT2D eigenvalue weighted by Crippen LogP contribution is 2.27. The van der Waals surface area contributed by atoms with E-state index in [0.29, 0.717) is 43.1 Å². The molecule has 1 fully saturated rings. The van der Waals surface area contributed by atoms with E-state index >= 15 is 0 Å². The molecule has 1 saturated heterocycles. The number of amides is 2. The van der Waals surface area contributed by atoms with Gasteiger partial charge in [-0.15, -0.1) is 0 Å². The Kier molecular flexibility index (Phi) is 9.14. The van der Waals surface area contributed by atoms with Gasteiger partial charge < -0.3 is 19.3 Å². The zero-order chi connectivity index (χ0) is 30.5. The monoisotopic (exact) mass is 573 g/mol. The summed E-state index contributed by atoms with van der Waals surface area (Å²) in [5.74, 6) is -0.185. The number of hydrogen-bond acceptors (Lipinski definition) is 8. The lowest BCUT2D eigenvalue weighted by Gasteiger charge is -2.36. The van der Waals surface area contributed by atoms with Crippen LogP contribution < -0.4 is 10.2 Å². The van der Waals surface area contributed by atoms with Crippen molar-refractivity contribution < 1.29 is 23.9 Å². The summed E-state index contributed by atoms with van der Waals surface area (Å²) in [6.07, 6.45) is 4.22. The van der Waals surface area contributed by atoms with Crippen LogP contribution in [-0.4, -0.2) is 70.2 Å². The zero-order valence-corrected chi connectivity index (χ0v) is 25.1. The second-order valence-electron chi connectivity index (χ2n) is 12.2. The number of rotatable bonds is 6. The number of carbonyl (C=O) groups excluding carboxylic acids is 3. The highest BCUT2D eigenvalue weighted by Gasteiger charge is 2.26. The number of anilines is 2. The highest BCUT2D eigenvalue weighted by molar-refractivity contribution is 5.98. The van der Waals surface area contributed by atoms with Crippen molar-refractivity contribution in [2.24, 2.45) is 0 Å². The van der Waals surface area contributed by atoms with Gasteiger partial charge in [0.2, 0.25) is 0 Å². The van der Waals surface area contributed by atoms with E-state index < -0.39 is 17.3 Å². The number of benzene rings is 1. The van der Waals surface area contributed by atoms with Gasteiger partial charge in [0.1, 0.15) is 16.9 Å². The van der Waals surface area contributed by atoms with Crippen LogP contribution in [0.2, 0.25) is 0 Å². The molecule has 10 nitrogen and oxygen atoms in total. The van der Waals surface area contributed by atoms with Crippen LogP contribution in [0.5, 0.6) is 0 Å². The van der Waals surface area contributed by atoms with Crippen LogP contribution in [0.1, 0.15) is 57.6 Å². The van der Waals surface area contributed by atoms with Gasteiger partial charge in [0.15, 0.2) is 5.78 Å². The van der Waals surface area contributed by atoms with Crippen molar-refractivity contribution in [3.05, 3.63) is 72.3 Å². The van der Waals surface area contributed by atoms with Crippen LogP contribution in [0.4, 0.5) is 21.0 Å². The van der Waals surface area contributed by atoms with E-state index in [1.54, 1.807) is 56.4 Å². The van der Waals surface area contributed by atoms with Crippen LogP contribution in [0.15, 0.2) is 61.1 Å². The number of hydrogen-bond donors (Lipinski definition) is 1. The molecule has 10 heteroatoms. The molecule has 0 atom stereocenters. The molecule has 0 unspecified atom stereocenters. The summed E-state index contributed by atoms with van der Waals surface area (Å²) < 4.78 is 10.9. The summed E-state index contributed by atoms with van der Waals surface area (Å²) in [7, 11) is 0. The molecule has 1 aromatic carbocycles. The van der Waals surface area contributed by atoms with Crippen molar-refractivity contribution in [3.8, 4) is 11.1 Å². The largest absolute Gasteiger partial charge is 0.444 e. The topological polar surface area (TPSA) is 114 Å². The minimum atomic E-state index is -0.662. The number of piperazine rings is 1. The number of ketones is 1. The predicted octanol–water partition coefficient (Wildman–Crippen LogP) is 5.97. The third kappa shape index (κ3) is 8.52. The Hall–Kier alpha value is -4.47. The van der Waals surface area contributed by atoms with Gasteiger partial charge in [-0.2, -0.15) is 0 Å². The molecule has 0 saturated carbocycles. The van der Waals surface area contributed by atoms with Crippen molar-refractivity contribution in [2.75, 3.05) is 36.4 Å². The lowest BCUT2D eigenvalue weighted by molar-refractivity contribution is 0.0240. The minimum Gasteiger partial charge on any atom is -0.444 e. The summed E-state index contributed by atoms with van der Waals surface area (Å²) in [6.45, 7) is 13.3. The third-order valence-corrected chi connectivity index (χ3v) is 6.44. The lowest BCUT2D eigenvalue weighted by atomic mass is 9.98. The first kappa shape index (κ1) is 30.5. The van der Waals surface area contributed by atoms with E-state index in [1.807, 2.05) is 51.1 Å². The summed E-state index contributed by atoms with van der Waals surface area (Å²) in [5, 5.41) is 2.79. The number of aromatic nitrogens is 2. The molecule has 3 aromatic rings. The summed E-state index contributed by atoms with van der Waals surface area (Å²) in [6, 6.07) is 12.9. The predicted molar refractivity (Wildman–Crippen MR) is 162 cm³/mol. The number of carbonyl (C=O) groups is 3. The Morgan fingerprint density at radius 1 is 0.833 bits per heavy atom. The van der Waals surface area contributed by atoms with Crippen molar-refractivity contribution in [2.45, 2.75) is 59.2 Å². The number of nitrogens with one attached hydrogen (secondary N) is 1.